The number of hydrogen-bond acceptors (Lipinski definition) is 4. The quantitative estimate of drug-likeness (QED) is 0.801. The first-order valence-corrected chi connectivity index (χ1v) is 6.32. The number of rotatable bonds is 7. The van der Waals surface area contributed by atoms with E-state index in [1.165, 1.54) is 0 Å². The van der Waals surface area contributed by atoms with Crippen molar-refractivity contribution in [2.75, 3.05) is 13.2 Å². The molecule has 2 unspecified atom stereocenters. The lowest BCUT2D eigenvalue weighted by Gasteiger charge is -2.15. The zero-order chi connectivity index (χ0) is 13.5. The molecule has 2 atom stereocenters. The van der Waals surface area contributed by atoms with Crippen LogP contribution in [0.1, 0.15) is 20.3 Å². The zero-order valence-electron chi connectivity index (χ0n) is 10.6. The smallest absolute Gasteiger partial charge is 0.138 e. The molecule has 0 aliphatic heterocycles. The molecule has 1 rings (SSSR count). The van der Waals surface area contributed by atoms with Crippen LogP contribution in [0, 0.1) is 0 Å². The van der Waals surface area contributed by atoms with Crippen LogP contribution in [0.5, 0.6) is 11.5 Å². The highest BCUT2D eigenvalue weighted by Gasteiger charge is 2.08. The van der Waals surface area contributed by atoms with Gasteiger partial charge < -0.3 is 19.7 Å². The van der Waals surface area contributed by atoms with Gasteiger partial charge in [0.2, 0.25) is 0 Å². The summed E-state index contributed by atoms with van der Waals surface area (Å²) in [6.07, 6.45) is 0.113. The molecule has 0 saturated heterocycles. The van der Waals surface area contributed by atoms with E-state index in [0.29, 0.717) is 16.5 Å². The third kappa shape index (κ3) is 4.72. The fraction of sp³-hybridized carbons (Fsp3) is 0.538. The Labute approximate surface area is 112 Å². The minimum Gasteiger partial charge on any atom is -0.491 e. The largest absolute Gasteiger partial charge is 0.491 e. The lowest BCUT2D eigenvalue weighted by molar-refractivity contribution is 0.0536. The van der Waals surface area contributed by atoms with Crippen molar-refractivity contribution >= 4 is 11.6 Å². The summed E-state index contributed by atoms with van der Waals surface area (Å²) in [6.45, 7) is 3.70. The van der Waals surface area contributed by atoms with Gasteiger partial charge in [-0.25, -0.2) is 0 Å². The van der Waals surface area contributed by atoms with Gasteiger partial charge in [0.1, 0.15) is 24.2 Å². The number of hydrogen-bond donors (Lipinski definition) is 2. The molecule has 0 aromatic heterocycles. The maximum atomic E-state index is 9.16. The first-order valence-electron chi connectivity index (χ1n) is 5.94. The zero-order valence-corrected chi connectivity index (χ0v) is 11.4. The van der Waals surface area contributed by atoms with Crippen LogP contribution in [-0.4, -0.2) is 35.6 Å². The molecule has 18 heavy (non-hydrogen) atoms. The number of aliphatic hydroxyl groups is 2. The molecular weight excluding hydrogens is 256 g/mol. The summed E-state index contributed by atoms with van der Waals surface area (Å²) in [5.41, 5.74) is 0. The molecular formula is C13H19ClO4. The monoisotopic (exact) mass is 274 g/mol. The van der Waals surface area contributed by atoms with Crippen LogP contribution in [0.25, 0.3) is 0 Å². The van der Waals surface area contributed by atoms with Gasteiger partial charge in [-0.15, -0.1) is 0 Å². The highest BCUT2D eigenvalue weighted by Crippen LogP contribution is 2.29. The van der Waals surface area contributed by atoms with Crippen LogP contribution in [0.4, 0.5) is 0 Å². The van der Waals surface area contributed by atoms with Gasteiger partial charge in [-0.1, -0.05) is 18.5 Å². The van der Waals surface area contributed by atoms with E-state index >= 15 is 0 Å². The molecule has 0 amide bonds. The van der Waals surface area contributed by atoms with Gasteiger partial charge in [0.25, 0.3) is 0 Å². The van der Waals surface area contributed by atoms with Crippen LogP contribution in [-0.2, 0) is 0 Å². The predicted molar refractivity (Wildman–Crippen MR) is 70.4 cm³/mol. The van der Waals surface area contributed by atoms with E-state index in [1.54, 1.807) is 18.2 Å². The Hall–Kier alpha value is -0.970. The molecule has 2 N–H and O–H groups in total. The minimum absolute atomic E-state index is 0.0262. The van der Waals surface area contributed by atoms with Crippen LogP contribution >= 0.6 is 11.6 Å². The van der Waals surface area contributed by atoms with Crippen molar-refractivity contribution in [3.8, 4) is 11.5 Å². The van der Waals surface area contributed by atoms with Crippen LogP contribution in [0.15, 0.2) is 18.2 Å². The van der Waals surface area contributed by atoms with Crippen LogP contribution in [0.3, 0.4) is 0 Å². The van der Waals surface area contributed by atoms with Crippen molar-refractivity contribution in [2.24, 2.45) is 0 Å². The van der Waals surface area contributed by atoms with E-state index in [1.807, 2.05) is 13.8 Å². The summed E-state index contributed by atoms with van der Waals surface area (Å²) in [5, 5.41) is 18.3. The summed E-state index contributed by atoms with van der Waals surface area (Å²) >= 11 is 6.06. The molecule has 0 saturated carbocycles. The maximum Gasteiger partial charge on any atom is 0.138 e. The van der Waals surface area contributed by atoms with E-state index in [2.05, 4.69) is 0 Å². The normalized spacial score (nSPS) is 14.1. The fourth-order valence-corrected chi connectivity index (χ4v) is 1.43. The molecule has 5 heteroatoms. The third-order valence-electron chi connectivity index (χ3n) is 2.46. The second-order valence-corrected chi connectivity index (χ2v) is 4.48. The SMILES string of the molecule is CCC(C)Oc1ccc(OCC(O)CO)cc1Cl. The second-order valence-electron chi connectivity index (χ2n) is 4.08. The molecule has 0 radical (unpaired) electrons. The molecule has 0 fully saturated rings. The Bertz CT molecular complexity index is 370. The Morgan fingerprint density at radius 2 is 2.11 bits per heavy atom. The van der Waals surface area contributed by atoms with Gasteiger partial charge in [0, 0.05) is 6.07 Å². The summed E-state index contributed by atoms with van der Waals surface area (Å²) < 4.78 is 10.9. The van der Waals surface area contributed by atoms with Gasteiger partial charge in [0.05, 0.1) is 17.7 Å². The Balaban J connectivity index is 2.61. The Morgan fingerprint density at radius 1 is 1.39 bits per heavy atom. The van der Waals surface area contributed by atoms with E-state index in [9.17, 15) is 0 Å². The van der Waals surface area contributed by atoms with Gasteiger partial charge in [-0.05, 0) is 25.5 Å². The standard InChI is InChI=1S/C13H19ClO4/c1-3-9(2)18-13-5-4-11(6-12(13)14)17-8-10(16)7-15/h4-6,9-10,15-16H,3,7-8H2,1-2H3. The molecule has 0 aliphatic rings. The molecule has 102 valence electrons. The summed E-state index contributed by atoms with van der Waals surface area (Å²) in [6, 6.07) is 5.08. The molecule has 4 nitrogen and oxygen atoms in total. The lowest BCUT2D eigenvalue weighted by atomic mass is 10.3. The average Bonchev–Trinajstić information content (AvgIpc) is 2.38. The van der Waals surface area contributed by atoms with E-state index in [-0.39, 0.29) is 19.3 Å². The van der Waals surface area contributed by atoms with Crippen molar-refractivity contribution in [1.82, 2.24) is 0 Å². The lowest BCUT2D eigenvalue weighted by Crippen LogP contribution is -2.21. The first-order chi connectivity index (χ1) is 8.56. The van der Waals surface area contributed by atoms with Crippen LogP contribution < -0.4 is 9.47 Å². The summed E-state index contributed by atoms with van der Waals surface area (Å²) in [4.78, 5) is 0. The van der Waals surface area contributed by atoms with Crippen molar-refractivity contribution in [1.29, 1.82) is 0 Å². The molecule has 0 bridgehead atoms. The van der Waals surface area contributed by atoms with Crippen molar-refractivity contribution in [3.63, 3.8) is 0 Å². The maximum absolute atomic E-state index is 9.16. The van der Waals surface area contributed by atoms with Gasteiger partial charge in [-0.2, -0.15) is 0 Å². The Morgan fingerprint density at radius 3 is 2.67 bits per heavy atom. The molecule has 1 aromatic carbocycles. The minimum atomic E-state index is -0.889. The fourth-order valence-electron chi connectivity index (χ4n) is 1.21. The number of aliphatic hydroxyl groups excluding tert-OH is 2. The van der Waals surface area contributed by atoms with E-state index in [0.717, 1.165) is 6.42 Å². The molecule has 0 aliphatic carbocycles. The highest BCUT2D eigenvalue weighted by molar-refractivity contribution is 6.32. The third-order valence-corrected chi connectivity index (χ3v) is 2.75. The van der Waals surface area contributed by atoms with Crippen molar-refractivity contribution in [3.05, 3.63) is 23.2 Å². The first kappa shape index (κ1) is 15.1. The molecule has 1 aromatic rings. The van der Waals surface area contributed by atoms with E-state index < -0.39 is 6.10 Å². The summed E-state index contributed by atoms with van der Waals surface area (Å²) in [5.74, 6) is 1.14. The molecule has 0 spiro atoms. The topological polar surface area (TPSA) is 58.9 Å². The van der Waals surface area contributed by atoms with E-state index in [4.69, 9.17) is 31.3 Å². The number of ether oxygens (including phenoxy) is 2. The Kier molecular flexibility index (Phi) is 6.25. The number of benzene rings is 1. The second kappa shape index (κ2) is 7.46. The van der Waals surface area contributed by atoms with Crippen molar-refractivity contribution < 1.29 is 19.7 Å². The highest BCUT2D eigenvalue weighted by atomic mass is 35.5. The molecule has 0 heterocycles. The van der Waals surface area contributed by atoms with Crippen LogP contribution in [0.2, 0.25) is 5.02 Å². The number of halogens is 1. The van der Waals surface area contributed by atoms with Crippen molar-refractivity contribution in [2.45, 2.75) is 32.5 Å². The van der Waals surface area contributed by atoms with Gasteiger partial charge in [0.15, 0.2) is 0 Å². The summed E-state index contributed by atoms with van der Waals surface area (Å²) in [7, 11) is 0. The van der Waals surface area contributed by atoms with Gasteiger partial charge in [-0.3, -0.25) is 0 Å². The van der Waals surface area contributed by atoms with Gasteiger partial charge >= 0.3 is 0 Å². The predicted octanol–water partition coefficient (Wildman–Crippen LogP) is 2.25. The average molecular weight is 275 g/mol.